The number of hydrogen-bond donors (Lipinski definition) is 1. The summed E-state index contributed by atoms with van der Waals surface area (Å²) in [6.45, 7) is 3.45. The molecular formula is C26H37NO3. The Morgan fingerprint density at radius 3 is 2.10 bits per heavy atom. The van der Waals surface area contributed by atoms with Crippen LogP contribution in [0.2, 0.25) is 0 Å². The fourth-order valence-electron chi connectivity index (χ4n) is 3.20. The van der Waals surface area contributed by atoms with Gasteiger partial charge in [0.05, 0.1) is 13.2 Å². The number of unbranched alkanes of at least 4 members (excludes halogenated alkanes) is 7. The highest BCUT2D eigenvalue weighted by Crippen LogP contribution is 2.20. The molecule has 164 valence electrons. The van der Waals surface area contributed by atoms with Crippen LogP contribution >= 0.6 is 0 Å². The largest absolute Gasteiger partial charge is 0.494 e. The van der Waals surface area contributed by atoms with Crippen molar-refractivity contribution in [3.05, 3.63) is 54.6 Å². The Hall–Kier alpha value is -2.49. The number of carbonyl (C=O) groups is 1. The van der Waals surface area contributed by atoms with E-state index < -0.39 is 0 Å². The zero-order valence-electron chi connectivity index (χ0n) is 18.4. The van der Waals surface area contributed by atoms with E-state index in [4.69, 9.17) is 9.47 Å². The van der Waals surface area contributed by atoms with E-state index in [0.29, 0.717) is 19.6 Å². The van der Waals surface area contributed by atoms with Gasteiger partial charge in [0.15, 0.2) is 0 Å². The molecule has 0 atom stereocenters. The Morgan fingerprint density at radius 1 is 0.733 bits per heavy atom. The van der Waals surface area contributed by atoms with Crippen LogP contribution < -0.4 is 10.1 Å². The summed E-state index contributed by atoms with van der Waals surface area (Å²) in [7, 11) is 0. The summed E-state index contributed by atoms with van der Waals surface area (Å²) in [4.78, 5) is 11.6. The molecule has 0 spiro atoms. The third-order valence-electron chi connectivity index (χ3n) is 4.97. The van der Waals surface area contributed by atoms with Gasteiger partial charge in [-0.05, 0) is 68.5 Å². The molecule has 0 aromatic heterocycles. The zero-order valence-corrected chi connectivity index (χ0v) is 18.4. The molecule has 2 aromatic rings. The molecule has 30 heavy (non-hydrogen) atoms. The molecule has 1 N–H and O–H groups in total. The quantitative estimate of drug-likeness (QED) is 0.233. The van der Waals surface area contributed by atoms with Gasteiger partial charge in [0.1, 0.15) is 5.75 Å². The van der Waals surface area contributed by atoms with Crippen LogP contribution in [0.25, 0.3) is 0 Å². The summed E-state index contributed by atoms with van der Waals surface area (Å²) in [6, 6.07) is 18.2. The number of benzene rings is 2. The molecule has 0 bridgehead atoms. The summed E-state index contributed by atoms with van der Waals surface area (Å²) >= 11 is 0. The van der Waals surface area contributed by atoms with Crippen molar-refractivity contribution in [3.8, 4) is 5.75 Å². The van der Waals surface area contributed by atoms with Crippen LogP contribution in [0.4, 0.5) is 11.4 Å². The van der Waals surface area contributed by atoms with Crippen molar-refractivity contribution in [1.82, 2.24) is 0 Å². The standard InChI is InChI=1S/C26H37NO3/c1-2-3-4-5-11-16-26(28)30-22-13-7-6-12-21-29-25-19-17-24(18-20-25)27-23-14-9-8-10-15-23/h8-10,14-15,17-20,27H,2-7,11-13,16,21-22H2,1H3. The second kappa shape index (κ2) is 15.4. The third-order valence-corrected chi connectivity index (χ3v) is 4.97. The lowest BCUT2D eigenvalue weighted by Crippen LogP contribution is -2.05. The number of anilines is 2. The summed E-state index contributed by atoms with van der Waals surface area (Å²) < 4.78 is 11.1. The van der Waals surface area contributed by atoms with Crippen LogP contribution in [0.1, 0.15) is 71.1 Å². The Labute approximate surface area is 182 Å². The predicted octanol–water partition coefficient (Wildman–Crippen LogP) is 7.27. The van der Waals surface area contributed by atoms with Crippen LogP contribution in [0.3, 0.4) is 0 Å². The van der Waals surface area contributed by atoms with Crippen LogP contribution in [0.15, 0.2) is 54.6 Å². The van der Waals surface area contributed by atoms with Crippen LogP contribution in [-0.4, -0.2) is 19.2 Å². The van der Waals surface area contributed by atoms with Crippen LogP contribution in [-0.2, 0) is 9.53 Å². The Kier molecular flexibility index (Phi) is 12.2. The Bertz CT molecular complexity index is 685. The fraction of sp³-hybridized carbons (Fsp3) is 0.500. The first-order valence-electron chi connectivity index (χ1n) is 11.5. The van der Waals surface area contributed by atoms with Gasteiger partial charge in [-0.2, -0.15) is 0 Å². The maximum atomic E-state index is 11.6. The second-order valence-electron chi connectivity index (χ2n) is 7.66. The molecule has 0 saturated heterocycles. The fourth-order valence-corrected chi connectivity index (χ4v) is 3.20. The number of ether oxygens (including phenoxy) is 2. The van der Waals surface area contributed by atoms with Crippen molar-refractivity contribution in [1.29, 1.82) is 0 Å². The van der Waals surface area contributed by atoms with Crippen molar-refractivity contribution >= 4 is 17.3 Å². The van der Waals surface area contributed by atoms with E-state index >= 15 is 0 Å². The van der Waals surface area contributed by atoms with Gasteiger partial charge in [-0.1, -0.05) is 50.8 Å². The number of rotatable bonds is 16. The Morgan fingerprint density at radius 2 is 1.37 bits per heavy atom. The average Bonchev–Trinajstić information content (AvgIpc) is 2.77. The minimum Gasteiger partial charge on any atom is -0.494 e. The third kappa shape index (κ3) is 10.9. The van der Waals surface area contributed by atoms with E-state index in [-0.39, 0.29) is 5.97 Å². The van der Waals surface area contributed by atoms with Gasteiger partial charge < -0.3 is 14.8 Å². The topological polar surface area (TPSA) is 47.6 Å². The maximum absolute atomic E-state index is 11.6. The van der Waals surface area contributed by atoms with E-state index in [9.17, 15) is 4.79 Å². The van der Waals surface area contributed by atoms with Gasteiger partial charge in [-0.25, -0.2) is 0 Å². The number of para-hydroxylation sites is 1. The zero-order chi connectivity index (χ0) is 21.3. The first-order valence-corrected chi connectivity index (χ1v) is 11.5. The van der Waals surface area contributed by atoms with E-state index in [1.165, 1.54) is 19.3 Å². The molecule has 0 amide bonds. The molecule has 0 aliphatic heterocycles. The predicted molar refractivity (Wildman–Crippen MR) is 124 cm³/mol. The van der Waals surface area contributed by atoms with E-state index in [1.807, 2.05) is 54.6 Å². The van der Waals surface area contributed by atoms with Gasteiger partial charge >= 0.3 is 5.97 Å². The highest BCUT2D eigenvalue weighted by molar-refractivity contribution is 5.69. The monoisotopic (exact) mass is 411 g/mol. The molecule has 4 nitrogen and oxygen atoms in total. The lowest BCUT2D eigenvalue weighted by atomic mass is 10.1. The van der Waals surface area contributed by atoms with Crippen molar-refractivity contribution in [2.45, 2.75) is 71.1 Å². The lowest BCUT2D eigenvalue weighted by Gasteiger charge is -2.09. The molecule has 0 fully saturated rings. The lowest BCUT2D eigenvalue weighted by molar-refractivity contribution is -0.143. The van der Waals surface area contributed by atoms with Gasteiger partial charge in [0, 0.05) is 17.8 Å². The summed E-state index contributed by atoms with van der Waals surface area (Å²) in [5.74, 6) is 0.849. The minimum atomic E-state index is -0.0416. The molecule has 0 aliphatic rings. The van der Waals surface area contributed by atoms with E-state index in [0.717, 1.165) is 55.6 Å². The molecular weight excluding hydrogens is 374 g/mol. The summed E-state index contributed by atoms with van der Waals surface area (Å²) in [6.07, 6.45) is 10.5. The maximum Gasteiger partial charge on any atom is 0.305 e. The molecule has 0 saturated carbocycles. The second-order valence-corrected chi connectivity index (χ2v) is 7.66. The summed E-state index contributed by atoms with van der Waals surface area (Å²) in [5, 5.41) is 3.36. The van der Waals surface area contributed by atoms with Crippen molar-refractivity contribution in [2.75, 3.05) is 18.5 Å². The normalized spacial score (nSPS) is 10.6. The summed E-state index contributed by atoms with van der Waals surface area (Å²) in [5.41, 5.74) is 2.12. The van der Waals surface area contributed by atoms with Gasteiger partial charge in [-0.15, -0.1) is 0 Å². The molecule has 4 heteroatoms. The van der Waals surface area contributed by atoms with Crippen molar-refractivity contribution in [2.24, 2.45) is 0 Å². The van der Waals surface area contributed by atoms with E-state index in [1.54, 1.807) is 0 Å². The smallest absolute Gasteiger partial charge is 0.305 e. The van der Waals surface area contributed by atoms with Crippen molar-refractivity contribution in [3.63, 3.8) is 0 Å². The van der Waals surface area contributed by atoms with Crippen LogP contribution in [0, 0.1) is 0 Å². The molecule has 0 heterocycles. The average molecular weight is 412 g/mol. The molecule has 2 rings (SSSR count). The van der Waals surface area contributed by atoms with Gasteiger partial charge in [0.25, 0.3) is 0 Å². The number of nitrogens with one attached hydrogen (secondary N) is 1. The highest BCUT2D eigenvalue weighted by atomic mass is 16.5. The molecule has 2 aromatic carbocycles. The van der Waals surface area contributed by atoms with Crippen molar-refractivity contribution < 1.29 is 14.3 Å². The molecule has 0 radical (unpaired) electrons. The molecule has 0 aliphatic carbocycles. The SMILES string of the molecule is CCCCCCCC(=O)OCCCCCCOc1ccc(Nc2ccccc2)cc1. The first-order chi connectivity index (χ1) is 14.8. The highest BCUT2D eigenvalue weighted by Gasteiger charge is 2.02. The first kappa shape index (κ1) is 23.8. The number of carbonyl (C=O) groups excluding carboxylic acids is 1. The Balaban J connectivity index is 1.44. The van der Waals surface area contributed by atoms with Gasteiger partial charge in [-0.3, -0.25) is 4.79 Å². The molecule has 0 unspecified atom stereocenters. The van der Waals surface area contributed by atoms with Gasteiger partial charge in [0.2, 0.25) is 0 Å². The van der Waals surface area contributed by atoms with Crippen LogP contribution in [0.5, 0.6) is 5.75 Å². The van der Waals surface area contributed by atoms with E-state index in [2.05, 4.69) is 12.2 Å². The minimum absolute atomic E-state index is 0.0416. The number of esters is 1. The number of hydrogen-bond acceptors (Lipinski definition) is 4.